The lowest BCUT2D eigenvalue weighted by molar-refractivity contribution is 0.0465. The average Bonchev–Trinajstić information content (AvgIpc) is 3.20. The first-order chi connectivity index (χ1) is 9.11. The van der Waals surface area contributed by atoms with Gasteiger partial charge in [-0.25, -0.2) is 8.78 Å². The summed E-state index contributed by atoms with van der Waals surface area (Å²) in [7, 11) is 0. The van der Waals surface area contributed by atoms with E-state index in [2.05, 4.69) is 17.1 Å². The molecule has 0 spiro atoms. The SMILES string of the molecule is CC1(C2CC2)CNCCN1Cc1c(F)cccc1F. The van der Waals surface area contributed by atoms with Crippen LogP contribution in [0.4, 0.5) is 8.78 Å². The van der Waals surface area contributed by atoms with E-state index in [1.807, 2.05) is 0 Å². The first-order valence-electron chi connectivity index (χ1n) is 7.00. The third kappa shape index (κ3) is 2.39. The molecule has 1 atom stereocenters. The van der Waals surface area contributed by atoms with Gasteiger partial charge < -0.3 is 5.32 Å². The van der Waals surface area contributed by atoms with Crippen LogP contribution in [0.25, 0.3) is 0 Å². The fourth-order valence-corrected chi connectivity index (χ4v) is 3.16. The smallest absolute Gasteiger partial charge is 0.130 e. The molecule has 0 amide bonds. The number of benzene rings is 1. The number of halogens is 2. The average molecular weight is 266 g/mol. The van der Waals surface area contributed by atoms with Gasteiger partial charge in [-0.05, 0) is 37.8 Å². The van der Waals surface area contributed by atoms with E-state index < -0.39 is 11.6 Å². The predicted octanol–water partition coefficient (Wildman–Crippen LogP) is 2.54. The van der Waals surface area contributed by atoms with Gasteiger partial charge in [-0.1, -0.05) is 6.07 Å². The molecule has 2 fully saturated rings. The second-order valence-electron chi connectivity index (χ2n) is 5.93. The Bertz CT molecular complexity index is 453. The summed E-state index contributed by atoms with van der Waals surface area (Å²) >= 11 is 0. The molecular formula is C15H20F2N2. The van der Waals surface area contributed by atoms with Gasteiger partial charge in [0.2, 0.25) is 0 Å². The molecule has 1 N–H and O–H groups in total. The lowest BCUT2D eigenvalue weighted by Gasteiger charge is -2.46. The summed E-state index contributed by atoms with van der Waals surface area (Å²) in [5, 5.41) is 3.41. The van der Waals surface area contributed by atoms with Crippen LogP contribution in [0.3, 0.4) is 0 Å². The lowest BCUT2D eigenvalue weighted by Crippen LogP contribution is -2.60. The van der Waals surface area contributed by atoms with Crippen molar-refractivity contribution in [3.63, 3.8) is 0 Å². The van der Waals surface area contributed by atoms with Crippen LogP contribution in [0.15, 0.2) is 18.2 Å². The van der Waals surface area contributed by atoms with Crippen molar-refractivity contribution in [1.82, 2.24) is 10.2 Å². The zero-order valence-electron chi connectivity index (χ0n) is 11.3. The number of piperazine rings is 1. The van der Waals surface area contributed by atoms with Crippen molar-refractivity contribution < 1.29 is 8.78 Å². The molecule has 1 unspecified atom stereocenters. The molecule has 104 valence electrons. The monoisotopic (exact) mass is 266 g/mol. The van der Waals surface area contributed by atoms with Gasteiger partial charge >= 0.3 is 0 Å². The van der Waals surface area contributed by atoms with Crippen LogP contribution in [-0.4, -0.2) is 30.1 Å². The molecule has 0 radical (unpaired) electrons. The standard InChI is InChI=1S/C15H20F2N2/c1-15(11-5-6-11)10-18-7-8-19(15)9-12-13(16)3-2-4-14(12)17/h2-4,11,18H,5-10H2,1H3. The number of nitrogens with zero attached hydrogens (tertiary/aromatic N) is 1. The van der Waals surface area contributed by atoms with Gasteiger partial charge in [-0.2, -0.15) is 0 Å². The van der Waals surface area contributed by atoms with Crippen LogP contribution < -0.4 is 5.32 Å². The van der Waals surface area contributed by atoms with Crippen LogP contribution in [0.5, 0.6) is 0 Å². The van der Waals surface area contributed by atoms with E-state index in [0.29, 0.717) is 12.5 Å². The highest BCUT2D eigenvalue weighted by molar-refractivity contribution is 5.20. The maximum Gasteiger partial charge on any atom is 0.130 e. The van der Waals surface area contributed by atoms with Crippen molar-refractivity contribution in [3.05, 3.63) is 35.4 Å². The molecule has 1 aromatic rings. The van der Waals surface area contributed by atoms with Gasteiger partial charge in [0.05, 0.1) is 0 Å². The molecule has 19 heavy (non-hydrogen) atoms. The zero-order chi connectivity index (χ0) is 13.5. The number of hydrogen-bond acceptors (Lipinski definition) is 2. The summed E-state index contributed by atoms with van der Waals surface area (Å²) < 4.78 is 27.6. The largest absolute Gasteiger partial charge is 0.314 e. The Morgan fingerprint density at radius 2 is 2.00 bits per heavy atom. The Hall–Kier alpha value is -1.00. The quantitative estimate of drug-likeness (QED) is 0.904. The fraction of sp³-hybridized carbons (Fsp3) is 0.600. The maximum absolute atomic E-state index is 13.8. The zero-order valence-corrected chi connectivity index (χ0v) is 11.3. The molecule has 2 aliphatic rings. The third-order valence-corrected chi connectivity index (χ3v) is 4.63. The van der Waals surface area contributed by atoms with Gasteiger partial charge in [-0.15, -0.1) is 0 Å². The fourth-order valence-electron chi connectivity index (χ4n) is 3.16. The predicted molar refractivity (Wildman–Crippen MR) is 70.8 cm³/mol. The molecule has 0 aromatic heterocycles. The summed E-state index contributed by atoms with van der Waals surface area (Å²) in [5.41, 5.74) is 0.240. The molecule has 2 nitrogen and oxygen atoms in total. The van der Waals surface area contributed by atoms with Crippen molar-refractivity contribution in [3.8, 4) is 0 Å². The maximum atomic E-state index is 13.8. The van der Waals surface area contributed by atoms with Crippen LogP contribution in [0.1, 0.15) is 25.3 Å². The van der Waals surface area contributed by atoms with Crippen LogP contribution in [0.2, 0.25) is 0 Å². The highest BCUT2D eigenvalue weighted by Gasteiger charge is 2.46. The summed E-state index contributed by atoms with van der Waals surface area (Å²) in [4.78, 5) is 2.25. The van der Waals surface area contributed by atoms with Crippen molar-refractivity contribution in [1.29, 1.82) is 0 Å². The molecule has 1 heterocycles. The van der Waals surface area contributed by atoms with E-state index in [-0.39, 0.29) is 11.1 Å². The minimum Gasteiger partial charge on any atom is -0.314 e. The van der Waals surface area contributed by atoms with E-state index in [0.717, 1.165) is 19.6 Å². The summed E-state index contributed by atoms with van der Waals surface area (Å²) in [6.07, 6.45) is 2.46. The van der Waals surface area contributed by atoms with Gasteiger partial charge in [0.25, 0.3) is 0 Å². The number of nitrogens with one attached hydrogen (secondary N) is 1. The van der Waals surface area contributed by atoms with E-state index in [9.17, 15) is 8.78 Å². The molecule has 3 rings (SSSR count). The molecule has 1 saturated heterocycles. The normalized spacial score (nSPS) is 28.6. The Morgan fingerprint density at radius 3 is 2.63 bits per heavy atom. The molecule has 4 heteroatoms. The molecule has 1 aliphatic carbocycles. The minimum absolute atomic E-state index is 0.0347. The third-order valence-electron chi connectivity index (χ3n) is 4.63. The van der Waals surface area contributed by atoms with Gasteiger partial charge in [0.1, 0.15) is 11.6 Å². The second kappa shape index (κ2) is 4.84. The van der Waals surface area contributed by atoms with Gasteiger partial charge in [0, 0.05) is 37.3 Å². The van der Waals surface area contributed by atoms with Crippen LogP contribution in [0, 0.1) is 17.6 Å². The topological polar surface area (TPSA) is 15.3 Å². The number of hydrogen-bond donors (Lipinski definition) is 1. The molecule has 1 aromatic carbocycles. The Kier molecular flexibility index (Phi) is 3.31. The number of rotatable bonds is 3. The van der Waals surface area contributed by atoms with E-state index in [4.69, 9.17) is 0 Å². The van der Waals surface area contributed by atoms with Gasteiger partial charge in [-0.3, -0.25) is 4.90 Å². The van der Waals surface area contributed by atoms with Crippen molar-refractivity contribution >= 4 is 0 Å². The second-order valence-corrected chi connectivity index (χ2v) is 5.93. The minimum atomic E-state index is -0.434. The molecular weight excluding hydrogens is 246 g/mol. The van der Waals surface area contributed by atoms with Crippen molar-refractivity contribution in [2.45, 2.75) is 31.8 Å². The Morgan fingerprint density at radius 1 is 1.32 bits per heavy atom. The molecule has 0 bridgehead atoms. The molecule has 1 aliphatic heterocycles. The summed E-state index contributed by atoms with van der Waals surface area (Å²) in [6, 6.07) is 4.11. The van der Waals surface area contributed by atoms with Crippen molar-refractivity contribution in [2.24, 2.45) is 5.92 Å². The van der Waals surface area contributed by atoms with E-state index >= 15 is 0 Å². The van der Waals surface area contributed by atoms with Gasteiger partial charge in [0.15, 0.2) is 0 Å². The van der Waals surface area contributed by atoms with Crippen molar-refractivity contribution in [2.75, 3.05) is 19.6 Å². The Balaban J connectivity index is 1.84. The highest BCUT2D eigenvalue weighted by Crippen LogP contribution is 2.44. The van der Waals surface area contributed by atoms with E-state index in [1.54, 1.807) is 0 Å². The summed E-state index contributed by atoms with van der Waals surface area (Å²) in [6.45, 7) is 5.23. The van der Waals surface area contributed by atoms with Crippen LogP contribution >= 0.6 is 0 Å². The molecule has 1 saturated carbocycles. The first-order valence-corrected chi connectivity index (χ1v) is 7.00. The van der Waals surface area contributed by atoms with Crippen LogP contribution in [-0.2, 0) is 6.54 Å². The highest BCUT2D eigenvalue weighted by atomic mass is 19.1. The Labute approximate surface area is 112 Å². The summed E-state index contributed by atoms with van der Waals surface area (Å²) in [5.74, 6) is -0.205. The lowest BCUT2D eigenvalue weighted by atomic mass is 9.90. The first kappa shape index (κ1) is 13.0. The van der Waals surface area contributed by atoms with E-state index in [1.165, 1.54) is 31.0 Å².